The Morgan fingerprint density at radius 2 is 1.89 bits per heavy atom. The van der Waals surface area contributed by atoms with Gasteiger partial charge in [0.05, 0.1) is 11.5 Å². The molecule has 2 aliphatic carbocycles. The van der Waals surface area contributed by atoms with Gasteiger partial charge in [-0.3, -0.25) is 14.5 Å². The first-order valence-electron chi connectivity index (χ1n) is 10.1. The number of piperazine rings is 1. The predicted octanol–water partition coefficient (Wildman–Crippen LogP) is 2.57. The molecule has 0 bridgehead atoms. The molecule has 0 unspecified atom stereocenters. The summed E-state index contributed by atoms with van der Waals surface area (Å²) in [5.41, 5.74) is 0.646. The van der Waals surface area contributed by atoms with Crippen molar-refractivity contribution in [2.24, 2.45) is 0 Å². The van der Waals surface area contributed by atoms with E-state index in [-0.39, 0.29) is 17.9 Å². The van der Waals surface area contributed by atoms with Gasteiger partial charge in [0.1, 0.15) is 0 Å². The second kappa shape index (κ2) is 7.44. The summed E-state index contributed by atoms with van der Waals surface area (Å²) in [6.07, 6.45) is 5.08. The summed E-state index contributed by atoms with van der Waals surface area (Å²) >= 11 is 6.18. The zero-order valence-electron chi connectivity index (χ0n) is 15.9. The zero-order valence-corrected chi connectivity index (χ0v) is 16.7. The van der Waals surface area contributed by atoms with Crippen LogP contribution in [0.4, 0.5) is 0 Å². The molecule has 1 saturated heterocycles. The second-order valence-electron chi connectivity index (χ2n) is 8.23. The van der Waals surface area contributed by atoms with Crippen LogP contribution in [0.25, 0.3) is 0 Å². The van der Waals surface area contributed by atoms with Crippen molar-refractivity contribution >= 4 is 23.4 Å². The Bertz CT molecular complexity index is 722. The number of amides is 2. The van der Waals surface area contributed by atoms with Gasteiger partial charge in [-0.25, -0.2) is 0 Å². The van der Waals surface area contributed by atoms with Gasteiger partial charge >= 0.3 is 0 Å². The number of benzene rings is 1. The van der Waals surface area contributed by atoms with Crippen molar-refractivity contribution in [1.29, 1.82) is 0 Å². The lowest BCUT2D eigenvalue weighted by molar-refractivity contribution is -0.143. The SMILES string of the molecule is C[C@H](C(=O)NC1CC1)N1CCN(C(=O)C2(c3cccc(Cl)c3)CCC2)CC1. The Kier molecular flexibility index (Phi) is 5.17. The summed E-state index contributed by atoms with van der Waals surface area (Å²) in [6, 6.07) is 8.02. The monoisotopic (exact) mass is 389 g/mol. The number of carbonyl (C=O) groups excluding carboxylic acids is 2. The minimum absolute atomic E-state index is 0.117. The highest BCUT2D eigenvalue weighted by atomic mass is 35.5. The number of nitrogens with zero attached hydrogens (tertiary/aromatic N) is 2. The summed E-state index contributed by atoms with van der Waals surface area (Å²) in [7, 11) is 0. The van der Waals surface area contributed by atoms with Crippen LogP contribution in [0.5, 0.6) is 0 Å². The third kappa shape index (κ3) is 3.72. The molecule has 1 heterocycles. The summed E-state index contributed by atoms with van der Waals surface area (Å²) < 4.78 is 0. The molecule has 27 heavy (non-hydrogen) atoms. The maximum absolute atomic E-state index is 13.4. The van der Waals surface area contributed by atoms with Crippen molar-refractivity contribution in [3.05, 3.63) is 34.9 Å². The van der Waals surface area contributed by atoms with Crippen molar-refractivity contribution in [1.82, 2.24) is 15.1 Å². The molecule has 5 nitrogen and oxygen atoms in total. The molecule has 6 heteroatoms. The summed E-state index contributed by atoms with van der Waals surface area (Å²) in [5, 5.41) is 3.77. The van der Waals surface area contributed by atoms with E-state index in [0.29, 0.717) is 24.2 Å². The zero-order chi connectivity index (χ0) is 19.0. The Labute approximate surface area is 166 Å². The third-order valence-electron chi connectivity index (χ3n) is 6.45. The molecule has 146 valence electrons. The lowest BCUT2D eigenvalue weighted by Crippen LogP contribution is -2.59. The molecule has 4 rings (SSSR count). The first kappa shape index (κ1) is 18.8. The Balaban J connectivity index is 1.38. The van der Waals surface area contributed by atoms with E-state index in [9.17, 15) is 9.59 Å². The number of nitrogens with one attached hydrogen (secondary N) is 1. The second-order valence-corrected chi connectivity index (χ2v) is 8.67. The van der Waals surface area contributed by atoms with Crippen LogP contribution in [-0.2, 0) is 15.0 Å². The van der Waals surface area contributed by atoms with Gasteiger partial charge in [-0.05, 0) is 50.3 Å². The third-order valence-corrected chi connectivity index (χ3v) is 6.68. The molecular weight excluding hydrogens is 362 g/mol. The number of rotatable bonds is 5. The van der Waals surface area contributed by atoms with Gasteiger partial charge in [-0.1, -0.05) is 30.2 Å². The summed E-state index contributed by atoms with van der Waals surface area (Å²) in [4.78, 5) is 29.8. The highest BCUT2D eigenvalue weighted by Crippen LogP contribution is 2.45. The van der Waals surface area contributed by atoms with Gasteiger partial charge in [-0.2, -0.15) is 0 Å². The van der Waals surface area contributed by atoms with Gasteiger partial charge in [-0.15, -0.1) is 0 Å². The highest BCUT2D eigenvalue weighted by molar-refractivity contribution is 6.30. The van der Waals surface area contributed by atoms with E-state index in [1.807, 2.05) is 36.1 Å². The number of hydrogen-bond donors (Lipinski definition) is 1. The first-order chi connectivity index (χ1) is 13.0. The van der Waals surface area contributed by atoms with Gasteiger partial charge in [0.15, 0.2) is 0 Å². The van der Waals surface area contributed by atoms with E-state index in [1.54, 1.807) is 0 Å². The van der Waals surface area contributed by atoms with E-state index >= 15 is 0 Å². The molecule has 2 amide bonds. The maximum atomic E-state index is 13.4. The number of hydrogen-bond acceptors (Lipinski definition) is 3. The summed E-state index contributed by atoms with van der Waals surface area (Å²) in [5.74, 6) is 0.345. The Morgan fingerprint density at radius 3 is 2.44 bits per heavy atom. The largest absolute Gasteiger partial charge is 0.352 e. The molecule has 0 radical (unpaired) electrons. The van der Waals surface area contributed by atoms with Gasteiger partial charge in [0, 0.05) is 37.2 Å². The van der Waals surface area contributed by atoms with Crippen LogP contribution in [0.15, 0.2) is 24.3 Å². The standard InChI is InChI=1S/C21H28ClN3O2/c1-15(19(26)23-18-6-7-18)24-10-12-25(13-11-24)20(27)21(8-3-9-21)16-4-2-5-17(22)14-16/h2,4-5,14-15,18H,3,6-13H2,1H3,(H,23,26)/t15-/m1/s1. The fourth-order valence-corrected chi connectivity index (χ4v) is 4.46. The Morgan fingerprint density at radius 1 is 1.19 bits per heavy atom. The molecule has 0 aromatic heterocycles. The molecule has 1 aromatic carbocycles. The molecule has 2 saturated carbocycles. The quantitative estimate of drug-likeness (QED) is 0.842. The van der Waals surface area contributed by atoms with Crippen molar-refractivity contribution in [3.63, 3.8) is 0 Å². The van der Waals surface area contributed by atoms with Crippen LogP contribution in [0.2, 0.25) is 5.02 Å². The van der Waals surface area contributed by atoms with Gasteiger partial charge < -0.3 is 10.2 Å². The van der Waals surface area contributed by atoms with Crippen molar-refractivity contribution in [3.8, 4) is 0 Å². The fraction of sp³-hybridized carbons (Fsp3) is 0.619. The number of carbonyl (C=O) groups is 2. The summed E-state index contributed by atoms with van der Waals surface area (Å²) in [6.45, 7) is 4.83. The Hall–Kier alpha value is -1.59. The minimum atomic E-state index is -0.401. The molecule has 1 N–H and O–H groups in total. The van der Waals surface area contributed by atoms with Crippen LogP contribution in [-0.4, -0.2) is 59.9 Å². The van der Waals surface area contributed by atoms with E-state index in [2.05, 4.69) is 10.2 Å². The van der Waals surface area contributed by atoms with Crippen molar-refractivity contribution in [2.45, 2.75) is 56.5 Å². The van der Waals surface area contributed by atoms with Crippen LogP contribution in [0, 0.1) is 0 Å². The topological polar surface area (TPSA) is 52.7 Å². The lowest BCUT2D eigenvalue weighted by Gasteiger charge is -2.46. The lowest BCUT2D eigenvalue weighted by atomic mass is 9.63. The molecule has 3 aliphatic rings. The molecular formula is C21H28ClN3O2. The average Bonchev–Trinajstić information content (AvgIpc) is 3.44. The van der Waals surface area contributed by atoms with Gasteiger partial charge in [0.25, 0.3) is 0 Å². The molecule has 0 spiro atoms. The van der Waals surface area contributed by atoms with Crippen LogP contribution >= 0.6 is 11.6 Å². The van der Waals surface area contributed by atoms with E-state index in [4.69, 9.17) is 11.6 Å². The number of halogens is 1. The molecule has 1 aliphatic heterocycles. The van der Waals surface area contributed by atoms with E-state index in [1.165, 1.54) is 0 Å². The molecule has 1 atom stereocenters. The minimum Gasteiger partial charge on any atom is -0.352 e. The average molecular weight is 390 g/mol. The van der Waals surface area contributed by atoms with E-state index < -0.39 is 5.41 Å². The fourth-order valence-electron chi connectivity index (χ4n) is 4.27. The van der Waals surface area contributed by atoms with Crippen molar-refractivity contribution in [2.75, 3.05) is 26.2 Å². The first-order valence-corrected chi connectivity index (χ1v) is 10.5. The van der Waals surface area contributed by atoms with E-state index in [0.717, 1.165) is 50.8 Å². The highest BCUT2D eigenvalue weighted by Gasteiger charge is 2.48. The normalized spacial score (nSPS) is 23.4. The van der Waals surface area contributed by atoms with Gasteiger partial charge in [0.2, 0.25) is 11.8 Å². The van der Waals surface area contributed by atoms with Crippen LogP contribution in [0.3, 0.4) is 0 Å². The smallest absolute Gasteiger partial charge is 0.237 e. The molecule has 1 aromatic rings. The van der Waals surface area contributed by atoms with Crippen molar-refractivity contribution < 1.29 is 9.59 Å². The molecule has 3 fully saturated rings. The maximum Gasteiger partial charge on any atom is 0.237 e. The van der Waals surface area contributed by atoms with Crippen LogP contribution < -0.4 is 5.32 Å². The van der Waals surface area contributed by atoms with Crippen LogP contribution in [0.1, 0.15) is 44.6 Å². The predicted molar refractivity (Wildman–Crippen MR) is 106 cm³/mol.